The summed E-state index contributed by atoms with van der Waals surface area (Å²) in [6.45, 7) is 5.74. The van der Waals surface area contributed by atoms with Crippen molar-refractivity contribution < 1.29 is 4.79 Å². The second kappa shape index (κ2) is 4.75. The standard InChI is InChI=1S/C13H16O/c1-3-10-13(4-2,11-14)12-8-6-5-7-9-12/h3,5-9,11H,1,4,10H2,2H3/t13-/m0/s1. The molecule has 14 heavy (non-hydrogen) atoms. The summed E-state index contributed by atoms with van der Waals surface area (Å²) in [6.07, 6.45) is 4.37. The molecule has 0 spiro atoms. The maximum Gasteiger partial charge on any atom is 0.130 e. The lowest BCUT2D eigenvalue weighted by molar-refractivity contribution is -0.112. The molecule has 0 aliphatic rings. The van der Waals surface area contributed by atoms with Crippen molar-refractivity contribution in [1.82, 2.24) is 0 Å². The van der Waals surface area contributed by atoms with Gasteiger partial charge in [0.1, 0.15) is 6.29 Å². The summed E-state index contributed by atoms with van der Waals surface area (Å²) in [5, 5.41) is 0. The van der Waals surface area contributed by atoms with Gasteiger partial charge in [-0.1, -0.05) is 43.3 Å². The summed E-state index contributed by atoms with van der Waals surface area (Å²) >= 11 is 0. The zero-order valence-corrected chi connectivity index (χ0v) is 8.57. The lowest BCUT2D eigenvalue weighted by Gasteiger charge is -2.25. The van der Waals surface area contributed by atoms with Gasteiger partial charge < -0.3 is 4.79 Å². The van der Waals surface area contributed by atoms with E-state index in [4.69, 9.17) is 0 Å². The van der Waals surface area contributed by atoms with E-state index in [1.807, 2.05) is 43.3 Å². The normalized spacial score (nSPS) is 14.4. The number of hydrogen-bond donors (Lipinski definition) is 0. The van der Waals surface area contributed by atoms with E-state index in [2.05, 4.69) is 6.58 Å². The minimum absolute atomic E-state index is 0.372. The molecule has 0 fully saturated rings. The number of aldehydes is 1. The van der Waals surface area contributed by atoms with Crippen LogP contribution in [0.5, 0.6) is 0 Å². The summed E-state index contributed by atoms with van der Waals surface area (Å²) < 4.78 is 0. The van der Waals surface area contributed by atoms with E-state index < -0.39 is 0 Å². The van der Waals surface area contributed by atoms with Gasteiger partial charge >= 0.3 is 0 Å². The second-order valence-electron chi connectivity index (χ2n) is 3.49. The molecular weight excluding hydrogens is 172 g/mol. The van der Waals surface area contributed by atoms with E-state index in [-0.39, 0.29) is 5.41 Å². The van der Waals surface area contributed by atoms with E-state index in [0.29, 0.717) is 6.42 Å². The average molecular weight is 188 g/mol. The summed E-state index contributed by atoms with van der Waals surface area (Å²) in [5.41, 5.74) is 0.709. The molecule has 74 valence electrons. The van der Waals surface area contributed by atoms with E-state index in [1.165, 1.54) is 0 Å². The first-order valence-electron chi connectivity index (χ1n) is 4.92. The van der Waals surface area contributed by atoms with Gasteiger partial charge in [0.15, 0.2) is 0 Å². The van der Waals surface area contributed by atoms with Gasteiger partial charge in [-0.3, -0.25) is 0 Å². The number of allylic oxidation sites excluding steroid dienone is 1. The van der Waals surface area contributed by atoms with Gasteiger partial charge in [0.25, 0.3) is 0 Å². The van der Waals surface area contributed by atoms with E-state index in [1.54, 1.807) is 0 Å². The van der Waals surface area contributed by atoms with Crippen LogP contribution in [-0.4, -0.2) is 6.29 Å². The van der Waals surface area contributed by atoms with Crippen LogP contribution < -0.4 is 0 Å². The fraction of sp³-hybridized carbons (Fsp3) is 0.308. The van der Waals surface area contributed by atoms with Crippen LogP contribution >= 0.6 is 0 Å². The van der Waals surface area contributed by atoms with Crippen LogP contribution in [0, 0.1) is 0 Å². The Morgan fingerprint density at radius 3 is 2.43 bits per heavy atom. The van der Waals surface area contributed by atoms with Gasteiger partial charge in [0.2, 0.25) is 0 Å². The molecule has 0 bridgehead atoms. The highest BCUT2D eigenvalue weighted by Gasteiger charge is 2.27. The third-order valence-corrected chi connectivity index (χ3v) is 2.71. The number of carbonyl (C=O) groups excluding carboxylic acids is 1. The minimum atomic E-state index is -0.372. The van der Waals surface area contributed by atoms with Crippen LogP contribution in [-0.2, 0) is 10.2 Å². The van der Waals surface area contributed by atoms with Gasteiger partial charge in [-0.25, -0.2) is 0 Å². The summed E-state index contributed by atoms with van der Waals surface area (Å²) in [6, 6.07) is 9.89. The molecule has 1 aromatic rings. The van der Waals surface area contributed by atoms with Crippen molar-refractivity contribution in [2.45, 2.75) is 25.2 Å². The van der Waals surface area contributed by atoms with Crippen molar-refractivity contribution >= 4 is 6.29 Å². The van der Waals surface area contributed by atoms with Gasteiger partial charge in [0.05, 0.1) is 5.41 Å². The molecule has 1 atom stereocenters. The largest absolute Gasteiger partial charge is 0.302 e. The molecule has 1 nitrogen and oxygen atoms in total. The van der Waals surface area contributed by atoms with Crippen molar-refractivity contribution in [3.63, 3.8) is 0 Å². The molecule has 0 saturated heterocycles. The van der Waals surface area contributed by atoms with Crippen molar-refractivity contribution in [3.8, 4) is 0 Å². The summed E-state index contributed by atoms with van der Waals surface area (Å²) in [7, 11) is 0. The van der Waals surface area contributed by atoms with Crippen molar-refractivity contribution in [1.29, 1.82) is 0 Å². The molecule has 0 unspecified atom stereocenters. The fourth-order valence-corrected chi connectivity index (χ4v) is 1.69. The predicted molar refractivity (Wildman–Crippen MR) is 59.3 cm³/mol. The molecule has 1 rings (SSSR count). The van der Waals surface area contributed by atoms with Crippen LogP contribution in [0.3, 0.4) is 0 Å². The molecule has 0 aromatic heterocycles. The zero-order chi connectivity index (χ0) is 10.4. The van der Waals surface area contributed by atoms with E-state index in [9.17, 15) is 4.79 Å². The SMILES string of the molecule is C=CC[C@](C=O)(CC)c1ccccc1. The highest BCUT2D eigenvalue weighted by molar-refractivity contribution is 5.68. The third-order valence-electron chi connectivity index (χ3n) is 2.71. The molecular formula is C13H16O. The monoisotopic (exact) mass is 188 g/mol. The first-order chi connectivity index (χ1) is 6.79. The first kappa shape index (κ1) is 10.7. The number of benzene rings is 1. The van der Waals surface area contributed by atoms with E-state index >= 15 is 0 Å². The maximum atomic E-state index is 11.2. The molecule has 0 aliphatic heterocycles. The summed E-state index contributed by atoms with van der Waals surface area (Å²) in [4.78, 5) is 11.2. The zero-order valence-electron chi connectivity index (χ0n) is 8.57. The van der Waals surface area contributed by atoms with Crippen LogP contribution in [0.1, 0.15) is 25.3 Å². The van der Waals surface area contributed by atoms with Crippen molar-refractivity contribution in [3.05, 3.63) is 48.6 Å². The second-order valence-corrected chi connectivity index (χ2v) is 3.49. The van der Waals surface area contributed by atoms with Crippen molar-refractivity contribution in [2.75, 3.05) is 0 Å². The minimum Gasteiger partial charge on any atom is -0.302 e. The topological polar surface area (TPSA) is 17.1 Å². The van der Waals surface area contributed by atoms with Crippen LogP contribution in [0.25, 0.3) is 0 Å². The smallest absolute Gasteiger partial charge is 0.130 e. The molecule has 1 heteroatoms. The number of rotatable bonds is 5. The van der Waals surface area contributed by atoms with Gasteiger partial charge in [-0.05, 0) is 18.4 Å². The van der Waals surface area contributed by atoms with Crippen LogP contribution in [0.2, 0.25) is 0 Å². The summed E-state index contributed by atoms with van der Waals surface area (Å²) in [5.74, 6) is 0. The van der Waals surface area contributed by atoms with E-state index in [0.717, 1.165) is 18.3 Å². The van der Waals surface area contributed by atoms with Gasteiger partial charge in [0, 0.05) is 0 Å². The molecule has 0 saturated carbocycles. The predicted octanol–water partition coefficient (Wildman–Crippen LogP) is 3.11. The Morgan fingerprint density at radius 1 is 1.36 bits per heavy atom. The first-order valence-corrected chi connectivity index (χ1v) is 4.92. The highest BCUT2D eigenvalue weighted by atomic mass is 16.1. The highest BCUT2D eigenvalue weighted by Crippen LogP contribution is 2.29. The Hall–Kier alpha value is -1.37. The molecule has 0 radical (unpaired) electrons. The number of carbonyl (C=O) groups is 1. The maximum absolute atomic E-state index is 11.2. The quantitative estimate of drug-likeness (QED) is 0.512. The van der Waals surface area contributed by atoms with Gasteiger partial charge in [-0.2, -0.15) is 0 Å². The average Bonchev–Trinajstić information content (AvgIpc) is 2.27. The number of hydrogen-bond acceptors (Lipinski definition) is 1. The van der Waals surface area contributed by atoms with Gasteiger partial charge in [-0.15, -0.1) is 6.58 Å². The Morgan fingerprint density at radius 2 is 2.00 bits per heavy atom. The fourth-order valence-electron chi connectivity index (χ4n) is 1.69. The Balaban J connectivity index is 3.09. The lowest BCUT2D eigenvalue weighted by Crippen LogP contribution is -2.26. The van der Waals surface area contributed by atoms with Crippen LogP contribution in [0.4, 0.5) is 0 Å². The van der Waals surface area contributed by atoms with Crippen molar-refractivity contribution in [2.24, 2.45) is 0 Å². The lowest BCUT2D eigenvalue weighted by atomic mass is 9.77. The molecule has 1 aromatic carbocycles. The van der Waals surface area contributed by atoms with Crippen LogP contribution in [0.15, 0.2) is 43.0 Å². The molecule has 0 aliphatic carbocycles. The molecule has 0 amide bonds. The third kappa shape index (κ3) is 1.92. The Bertz CT molecular complexity index is 302. The molecule has 0 N–H and O–H groups in total. The molecule has 0 heterocycles. The Kier molecular flexibility index (Phi) is 3.63. The Labute approximate surface area is 85.5 Å².